The molecule has 0 saturated heterocycles. The summed E-state index contributed by atoms with van der Waals surface area (Å²) in [7, 11) is 0. The highest BCUT2D eigenvalue weighted by molar-refractivity contribution is 7.12. The zero-order valence-electron chi connectivity index (χ0n) is 9.56. The van der Waals surface area contributed by atoms with Crippen LogP contribution in [0.4, 0.5) is 0 Å². The van der Waals surface area contributed by atoms with Gasteiger partial charge in [-0.3, -0.25) is 0 Å². The van der Waals surface area contributed by atoms with Crippen LogP contribution in [-0.4, -0.2) is 4.98 Å². The molecule has 0 aliphatic heterocycles. The van der Waals surface area contributed by atoms with E-state index in [0.29, 0.717) is 0 Å². The lowest BCUT2D eigenvalue weighted by molar-refractivity contribution is 0.743. The minimum absolute atomic E-state index is 0.0922. The summed E-state index contributed by atoms with van der Waals surface area (Å²) in [6.45, 7) is 4.20. The van der Waals surface area contributed by atoms with Gasteiger partial charge in [-0.05, 0) is 25.5 Å². The van der Waals surface area contributed by atoms with E-state index in [1.54, 1.807) is 11.3 Å². The fraction of sp³-hybridized carbons (Fsp3) is 0.417. The van der Waals surface area contributed by atoms with E-state index in [4.69, 9.17) is 5.73 Å². The third kappa shape index (κ3) is 2.70. The van der Waals surface area contributed by atoms with E-state index in [1.165, 1.54) is 14.6 Å². The lowest BCUT2D eigenvalue weighted by Gasteiger charge is -2.06. The smallest absolute Gasteiger partial charge is 0.0897 e. The Morgan fingerprint density at radius 3 is 2.62 bits per heavy atom. The van der Waals surface area contributed by atoms with Crippen molar-refractivity contribution in [3.8, 4) is 0 Å². The molecule has 86 valence electrons. The highest BCUT2D eigenvalue weighted by Crippen LogP contribution is 2.25. The van der Waals surface area contributed by atoms with Crippen LogP contribution in [0.25, 0.3) is 0 Å². The fourth-order valence-corrected chi connectivity index (χ4v) is 3.39. The summed E-state index contributed by atoms with van der Waals surface area (Å²) >= 11 is 3.56. The van der Waals surface area contributed by atoms with Crippen molar-refractivity contribution in [2.24, 2.45) is 5.73 Å². The van der Waals surface area contributed by atoms with Crippen LogP contribution in [0.5, 0.6) is 0 Å². The zero-order valence-corrected chi connectivity index (χ0v) is 11.2. The van der Waals surface area contributed by atoms with Crippen molar-refractivity contribution < 1.29 is 0 Å². The van der Waals surface area contributed by atoms with E-state index in [-0.39, 0.29) is 6.04 Å². The van der Waals surface area contributed by atoms with Crippen LogP contribution in [0.15, 0.2) is 18.3 Å². The molecule has 2 N–H and O–H groups in total. The SMILES string of the molecule is CCc1ccc(CC(N)c2cnc(C)s2)s1. The van der Waals surface area contributed by atoms with E-state index >= 15 is 0 Å². The van der Waals surface area contributed by atoms with Gasteiger partial charge in [0.25, 0.3) is 0 Å². The molecule has 0 fully saturated rings. The highest BCUT2D eigenvalue weighted by atomic mass is 32.1. The molecule has 1 atom stereocenters. The molecule has 2 heterocycles. The lowest BCUT2D eigenvalue weighted by Crippen LogP contribution is -2.10. The molecule has 0 aliphatic rings. The van der Waals surface area contributed by atoms with Gasteiger partial charge < -0.3 is 5.73 Å². The van der Waals surface area contributed by atoms with Gasteiger partial charge in [-0.15, -0.1) is 22.7 Å². The number of rotatable bonds is 4. The van der Waals surface area contributed by atoms with Crippen LogP contribution in [-0.2, 0) is 12.8 Å². The average molecular weight is 252 g/mol. The monoisotopic (exact) mass is 252 g/mol. The Morgan fingerprint density at radius 2 is 2.06 bits per heavy atom. The Labute approximate surface area is 104 Å². The first-order valence-corrected chi connectivity index (χ1v) is 7.08. The Hall–Kier alpha value is -0.710. The quantitative estimate of drug-likeness (QED) is 0.906. The number of nitrogens with zero attached hydrogens (tertiary/aromatic N) is 1. The number of hydrogen-bond donors (Lipinski definition) is 1. The molecular weight excluding hydrogens is 236 g/mol. The van der Waals surface area contributed by atoms with Gasteiger partial charge in [0.05, 0.1) is 5.01 Å². The molecule has 0 aliphatic carbocycles. The van der Waals surface area contributed by atoms with Crippen LogP contribution in [0.2, 0.25) is 0 Å². The van der Waals surface area contributed by atoms with Crippen molar-refractivity contribution >= 4 is 22.7 Å². The number of aryl methyl sites for hydroxylation is 2. The van der Waals surface area contributed by atoms with Crippen LogP contribution >= 0.6 is 22.7 Å². The van der Waals surface area contributed by atoms with Crippen LogP contribution < -0.4 is 5.73 Å². The van der Waals surface area contributed by atoms with Crippen molar-refractivity contribution in [3.63, 3.8) is 0 Å². The van der Waals surface area contributed by atoms with E-state index in [1.807, 2.05) is 24.5 Å². The Kier molecular flexibility index (Phi) is 3.74. The van der Waals surface area contributed by atoms with Gasteiger partial charge >= 0.3 is 0 Å². The number of nitrogens with two attached hydrogens (primary N) is 1. The minimum Gasteiger partial charge on any atom is -0.323 e. The molecule has 0 bridgehead atoms. The fourth-order valence-electron chi connectivity index (χ4n) is 1.59. The third-order valence-electron chi connectivity index (χ3n) is 2.49. The number of hydrogen-bond acceptors (Lipinski definition) is 4. The molecule has 0 amide bonds. The summed E-state index contributed by atoms with van der Waals surface area (Å²) in [6.07, 6.45) is 3.94. The predicted octanol–water partition coefficient (Wildman–Crippen LogP) is 3.32. The minimum atomic E-state index is 0.0922. The van der Waals surface area contributed by atoms with Gasteiger partial charge in [0.1, 0.15) is 0 Å². The molecule has 2 aromatic heterocycles. The van der Waals surface area contributed by atoms with Crippen LogP contribution in [0, 0.1) is 6.92 Å². The second kappa shape index (κ2) is 5.08. The predicted molar refractivity (Wildman–Crippen MR) is 71.2 cm³/mol. The van der Waals surface area contributed by atoms with Crippen molar-refractivity contribution in [1.29, 1.82) is 0 Å². The van der Waals surface area contributed by atoms with E-state index in [2.05, 4.69) is 24.0 Å². The zero-order chi connectivity index (χ0) is 11.5. The molecule has 1 unspecified atom stereocenters. The first kappa shape index (κ1) is 11.8. The van der Waals surface area contributed by atoms with Crippen molar-refractivity contribution in [2.75, 3.05) is 0 Å². The standard InChI is InChI=1S/C12H16N2S2/c1-3-9-4-5-10(16-9)6-11(13)12-7-14-8(2)15-12/h4-5,7,11H,3,6,13H2,1-2H3. The maximum absolute atomic E-state index is 6.17. The number of thiophene rings is 1. The summed E-state index contributed by atoms with van der Waals surface area (Å²) in [5.41, 5.74) is 6.17. The summed E-state index contributed by atoms with van der Waals surface area (Å²) in [4.78, 5) is 8.23. The summed E-state index contributed by atoms with van der Waals surface area (Å²) in [5.74, 6) is 0. The van der Waals surface area contributed by atoms with Gasteiger partial charge in [-0.2, -0.15) is 0 Å². The Balaban J connectivity index is 2.04. The molecule has 0 saturated carbocycles. The highest BCUT2D eigenvalue weighted by Gasteiger charge is 2.11. The van der Waals surface area contributed by atoms with E-state index in [9.17, 15) is 0 Å². The normalized spacial score (nSPS) is 12.9. The Bertz CT molecular complexity index is 459. The second-order valence-corrected chi connectivity index (χ2v) is 6.33. The summed E-state index contributed by atoms with van der Waals surface area (Å²) in [5, 5.41) is 1.09. The molecule has 16 heavy (non-hydrogen) atoms. The topological polar surface area (TPSA) is 38.9 Å². The molecule has 0 spiro atoms. The summed E-state index contributed by atoms with van der Waals surface area (Å²) in [6, 6.07) is 4.48. The second-order valence-electron chi connectivity index (χ2n) is 3.81. The van der Waals surface area contributed by atoms with E-state index in [0.717, 1.165) is 17.8 Å². The van der Waals surface area contributed by atoms with Gasteiger partial charge in [-0.25, -0.2) is 4.98 Å². The maximum atomic E-state index is 6.17. The number of aromatic nitrogens is 1. The molecule has 0 aromatic carbocycles. The largest absolute Gasteiger partial charge is 0.323 e. The molecule has 2 nitrogen and oxygen atoms in total. The molecule has 4 heteroatoms. The third-order valence-corrected chi connectivity index (χ3v) is 4.79. The van der Waals surface area contributed by atoms with Gasteiger partial charge in [0.2, 0.25) is 0 Å². The first-order chi connectivity index (χ1) is 7.69. The van der Waals surface area contributed by atoms with Crippen molar-refractivity contribution in [1.82, 2.24) is 4.98 Å². The van der Waals surface area contributed by atoms with Crippen LogP contribution in [0.1, 0.15) is 32.6 Å². The van der Waals surface area contributed by atoms with Crippen molar-refractivity contribution in [2.45, 2.75) is 32.7 Å². The van der Waals surface area contributed by atoms with E-state index < -0.39 is 0 Å². The summed E-state index contributed by atoms with van der Waals surface area (Å²) < 4.78 is 0. The van der Waals surface area contributed by atoms with Gasteiger partial charge in [0.15, 0.2) is 0 Å². The van der Waals surface area contributed by atoms with Crippen molar-refractivity contribution in [3.05, 3.63) is 38.0 Å². The van der Waals surface area contributed by atoms with Crippen LogP contribution in [0.3, 0.4) is 0 Å². The maximum Gasteiger partial charge on any atom is 0.0897 e. The van der Waals surface area contributed by atoms with Gasteiger partial charge in [-0.1, -0.05) is 6.92 Å². The molecule has 2 aromatic rings. The van der Waals surface area contributed by atoms with Gasteiger partial charge in [0, 0.05) is 33.3 Å². The first-order valence-electron chi connectivity index (χ1n) is 5.44. The Morgan fingerprint density at radius 1 is 1.31 bits per heavy atom. The molecular formula is C12H16N2S2. The average Bonchev–Trinajstić information content (AvgIpc) is 2.87. The molecule has 2 rings (SSSR count). The molecule has 0 radical (unpaired) electrons. The number of thiazole rings is 1. The lowest BCUT2D eigenvalue weighted by atomic mass is 10.2.